The van der Waals surface area contributed by atoms with Crippen molar-refractivity contribution < 1.29 is 22.7 Å². The minimum atomic E-state index is -3.62. The van der Waals surface area contributed by atoms with Gasteiger partial charge in [0.05, 0.1) is 11.4 Å². The summed E-state index contributed by atoms with van der Waals surface area (Å²) < 4.78 is 37.4. The molecule has 7 nitrogen and oxygen atoms in total. The highest BCUT2D eigenvalue weighted by Gasteiger charge is 2.25. The number of nitrogens with zero attached hydrogens (tertiary/aromatic N) is 1. The summed E-state index contributed by atoms with van der Waals surface area (Å²) in [4.78, 5) is 12.5. The van der Waals surface area contributed by atoms with E-state index >= 15 is 0 Å². The van der Waals surface area contributed by atoms with E-state index in [4.69, 9.17) is 9.47 Å². The van der Waals surface area contributed by atoms with Crippen LogP contribution >= 0.6 is 0 Å². The number of carbonyl (C=O) groups excluding carboxylic acids is 1. The van der Waals surface area contributed by atoms with Gasteiger partial charge in [-0.15, -0.1) is 0 Å². The first-order chi connectivity index (χ1) is 13.4. The molecule has 1 aliphatic heterocycles. The number of anilines is 1. The van der Waals surface area contributed by atoms with Crippen LogP contribution in [0.1, 0.15) is 46.5 Å². The van der Waals surface area contributed by atoms with E-state index in [-0.39, 0.29) is 18.2 Å². The number of benzene rings is 1. The fourth-order valence-corrected chi connectivity index (χ4v) is 4.14. The second-order valence-corrected chi connectivity index (χ2v) is 9.14. The molecule has 8 heteroatoms. The molecule has 1 amide bonds. The van der Waals surface area contributed by atoms with Crippen LogP contribution in [0.15, 0.2) is 18.2 Å². The summed E-state index contributed by atoms with van der Waals surface area (Å²) in [6.07, 6.45) is 4.30. The van der Waals surface area contributed by atoms with Crippen molar-refractivity contribution in [1.82, 2.24) is 5.32 Å². The molecule has 1 aromatic rings. The molecule has 0 bridgehead atoms. The standard InChI is InChI=1S/C20H32N2O5S/c1-4-7-8-16(5-2)14-21-20(23)15-22(28(24,25)6-3)17-9-10-18-19(13-17)27-12-11-26-18/h9-10,13,16H,4-8,11-12,14-15H2,1-3H3,(H,21,23)/t16-/m1/s1. The van der Waals surface area contributed by atoms with E-state index < -0.39 is 10.0 Å². The number of ether oxygens (including phenoxy) is 2. The van der Waals surface area contributed by atoms with Gasteiger partial charge in [-0.1, -0.05) is 33.1 Å². The number of hydrogen-bond donors (Lipinski definition) is 1. The summed E-state index contributed by atoms with van der Waals surface area (Å²) in [5.74, 6) is 1.08. The van der Waals surface area contributed by atoms with Gasteiger partial charge in [-0.25, -0.2) is 8.42 Å². The number of fused-ring (bicyclic) bond motifs is 1. The summed E-state index contributed by atoms with van der Waals surface area (Å²) in [6, 6.07) is 4.94. The van der Waals surface area contributed by atoms with Crippen molar-refractivity contribution in [3.05, 3.63) is 18.2 Å². The Kier molecular flexibility index (Phi) is 8.41. The van der Waals surface area contributed by atoms with Crippen LogP contribution in [0.4, 0.5) is 5.69 Å². The van der Waals surface area contributed by atoms with Crippen molar-refractivity contribution in [3.8, 4) is 11.5 Å². The van der Waals surface area contributed by atoms with Crippen LogP contribution in [0.5, 0.6) is 11.5 Å². The number of unbranched alkanes of at least 4 members (excludes halogenated alkanes) is 1. The number of rotatable bonds is 11. The second-order valence-electron chi connectivity index (χ2n) is 6.96. The average molecular weight is 413 g/mol. The zero-order chi connectivity index (χ0) is 20.6. The lowest BCUT2D eigenvalue weighted by atomic mass is 9.99. The predicted molar refractivity (Wildman–Crippen MR) is 111 cm³/mol. The molecule has 0 saturated carbocycles. The van der Waals surface area contributed by atoms with Gasteiger partial charge in [0.25, 0.3) is 0 Å². The van der Waals surface area contributed by atoms with E-state index in [1.54, 1.807) is 25.1 Å². The zero-order valence-electron chi connectivity index (χ0n) is 17.1. The number of amides is 1. The van der Waals surface area contributed by atoms with Gasteiger partial charge in [-0.05, 0) is 31.4 Å². The maximum atomic E-state index is 12.6. The van der Waals surface area contributed by atoms with Gasteiger partial charge in [0.2, 0.25) is 15.9 Å². The van der Waals surface area contributed by atoms with Gasteiger partial charge in [0, 0.05) is 12.6 Å². The molecule has 1 N–H and O–H groups in total. The van der Waals surface area contributed by atoms with Crippen molar-refractivity contribution in [1.29, 1.82) is 0 Å². The highest BCUT2D eigenvalue weighted by atomic mass is 32.2. The molecule has 0 unspecified atom stereocenters. The lowest BCUT2D eigenvalue weighted by Gasteiger charge is -2.26. The van der Waals surface area contributed by atoms with Crippen LogP contribution in [0.3, 0.4) is 0 Å². The van der Waals surface area contributed by atoms with Crippen LogP contribution in [0.25, 0.3) is 0 Å². The quantitative estimate of drug-likeness (QED) is 0.604. The Hall–Kier alpha value is -1.96. The van der Waals surface area contributed by atoms with Gasteiger partial charge in [-0.3, -0.25) is 9.10 Å². The van der Waals surface area contributed by atoms with E-state index in [0.717, 1.165) is 30.0 Å². The van der Waals surface area contributed by atoms with Crippen molar-refractivity contribution >= 4 is 21.6 Å². The molecule has 1 heterocycles. The van der Waals surface area contributed by atoms with Crippen molar-refractivity contribution in [3.63, 3.8) is 0 Å². The van der Waals surface area contributed by atoms with E-state index in [1.165, 1.54) is 0 Å². The van der Waals surface area contributed by atoms with E-state index in [2.05, 4.69) is 19.2 Å². The van der Waals surface area contributed by atoms with Gasteiger partial charge in [0.1, 0.15) is 19.8 Å². The SMILES string of the molecule is CCCC[C@@H](CC)CNC(=O)CN(c1ccc2c(c1)OCCO2)S(=O)(=O)CC. The minimum absolute atomic E-state index is 0.0944. The summed E-state index contributed by atoms with van der Waals surface area (Å²) in [7, 11) is -3.62. The highest BCUT2D eigenvalue weighted by molar-refractivity contribution is 7.92. The highest BCUT2D eigenvalue weighted by Crippen LogP contribution is 2.34. The smallest absolute Gasteiger partial charge is 0.240 e. The van der Waals surface area contributed by atoms with Crippen LogP contribution in [0, 0.1) is 5.92 Å². The summed E-state index contributed by atoms with van der Waals surface area (Å²) >= 11 is 0. The molecule has 0 aromatic heterocycles. The van der Waals surface area contributed by atoms with Crippen LogP contribution in [-0.4, -0.2) is 46.4 Å². The fraction of sp³-hybridized carbons (Fsp3) is 0.650. The molecule has 1 atom stereocenters. The molecule has 158 valence electrons. The average Bonchev–Trinajstić information content (AvgIpc) is 2.71. The Morgan fingerprint density at radius 1 is 1.18 bits per heavy atom. The van der Waals surface area contributed by atoms with Gasteiger partial charge in [-0.2, -0.15) is 0 Å². The topological polar surface area (TPSA) is 84.9 Å². The third-order valence-electron chi connectivity index (χ3n) is 4.93. The molecular formula is C20H32N2O5S. The number of carbonyl (C=O) groups is 1. The normalized spacial score (nSPS) is 14.4. The Morgan fingerprint density at radius 3 is 2.54 bits per heavy atom. The van der Waals surface area contributed by atoms with Crippen LogP contribution in [-0.2, 0) is 14.8 Å². The summed E-state index contributed by atoms with van der Waals surface area (Å²) in [5.41, 5.74) is 0.402. The molecule has 0 radical (unpaired) electrons. The van der Waals surface area contributed by atoms with E-state index in [9.17, 15) is 13.2 Å². The minimum Gasteiger partial charge on any atom is -0.486 e. The Bertz CT molecular complexity index is 751. The van der Waals surface area contributed by atoms with Gasteiger partial charge in [0.15, 0.2) is 11.5 Å². The summed E-state index contributed by atoms with van der Waals surface area (Å²) in [5, 5.41) is 2.90. The monoisotopic (exact) mass is 412 g/mol. The maximum absolute atomic E-state index is 12.6. The molecule has 1 aliphatic rings. The first kappa shape index (κ1) is 22.3. The Morgan fingerprint density at radius 2 is 1.89 bits per heavy atom. The lowest BCUT2D eigenvalue weighted by molar-refractivity contribution is -0.119. The predicted octanol–water partition coefficient (Wildman–Crippen LogP) is 2.95. The number of sulfonamides is 1. The lowest BCUT2D eigenvalue weighted by Crippen LogP contribution is -2.42. The van der Waals surface area contributed by atoms with Gasteiger partial charge >= 0.3 is 0 Å². The summed E-state index contributed by atoms with van der Waals surface area (Å²) in [6.45, 7) is 7.00. The first-order valence-corrected chi connectivity index (χ1v) is 11.7. The molecule has 0 spiro atoms. The van der Waals surface area contributed by atoms with Crippen LogP contribution in [0.2, 0.25) is 0 Å². The van der Waals surface area contributed by atoms with Crippen molar-refractivity contribution in [2.24, 2.45) is 5.92 Å². The van der Waals surface area contributed by atoms with Crippen molar-refractivity contribution in [2.45, 2.75) is 46.5 Å². The molecule has 2 rings (SSSR count). The fourth-order valence-electron chi connectivity index (χ4n) is 3.08. The second kappa shape index (κ2) is 10.5. The molecular weight excluding hydrogens is 380 g/mol. The zero-order valence-corrected chi connectivity index (χ0v) is 17.9. The molecule has 0 fully saturated rings. The van der Waals surface area contributed by atoms with Crippen LogP contribution < -0.4 is 19.1 Å². The molecule has 28 heavy (non-hydrogen) atoms. The van der Waals surface area contributed by atoms with E-state index in [0.29, 0.717) is 42.9 Å². The Labute approximate surface area is 168 Å². The number of nitrogens with one attached hydrogen (secondary N) is 1. The third kappa shape index (κ3) is 6.02. The third-order valence-corrected chi connectivity index (χ3v) is 6.67. The number of hydrogen-bond acceptors (Lipinski definition) is 5. The van der Waals surface area contributed by atoms with E-state index in [1.807, 2.05) is 0 Å². The first-order valence-electron chi connectivity index (χ1n) is 10.1. The Balaban J connectivity index is 2.11. The molecule has 1 aromatic carbocycles. The van der Waals surface area contributed by atoms with Gasteiger partial charge < -0.3 is 14.8 Å². The molecule has 0 aliphatic carbocycles. The maximum Gasteiger partial charge on any atom is 0.240 e. The largest absolute Gasteiger partial charge is 0.486 e. The van der Waals surface area contributed by atoms with Crippen molar-refractivity contribution in [2.75, 3.05) is 36.4 Å². The molecule has 0 saturated heterocycles.